The van der Waals surface area contributed by atoms with Crippen LogP contribution in [0.25, 0.3) is 0 Å². The van der Waals surface area contributed by atoms with E-state index in [0.717, 1.165) is 17.3 Å². The quantitative estimate of drug-likeness (QED) is 0.529. The smallest absolute Gasteiger partial charge is 0.237 e. The van der Waals surface area contributed by atoms with Gasteiger partial charge in [0.15, 0.2) is 0 Å². The topological polar surface area (TPSA) is 57.6 Å². The van der Waals surface area contributed by atoms with E-state index in [1.807, 2.05) is 13.8 Å². The Morgan fingerprint density at radius 3 is 2.53 bits per heavy atom. The lowest BCUT2D eigenvalue weighted by molar-refractivity contribution is -0.152. The summed E-state index contributed by atoms with van der Waals surface area (Å²) >= 11 is 1.14. The van der Waals surface area contributed by atoms with Crippen LogP contribution in [0.1, 0.15) is 20.8 Å². The van der Waals surface area contributed by atoms with Crippen LogP contribution >= 0.6 is 11.8 Å². The minimum atomic E-state index is -0.685. The predicted octanol–water partition coefficient (Wildman–Crippen LogP) is 0.719. The maximum absolute atomic E-state index is 11.7. The molecule has 3 atom stereocenters. The van der Waals surface area contributed by atoms with Crippen molar-refractivity contribution in [1.29, 1.82) is 0 Å². The highest BCUT2D eigenvalue weighted by Crippen LogP contribution is 2.48. The van der Waals surface area contributed by atoms with Crippen molar-refractivity contribution in [3.63, 3.8) is 0 Å². The lowest BCUT2D eigenvalue weighted by atomic mass is 9.92. The first-order chi connectivity index (χ1) is 6.95. The van der Waals surface area contributed by atoms with E-state index in [-0.39, 0.29) is 16.4 Å². The summed E-state index contributed by atoms with van der Waals surface area (Å²) in [6.07, 6.45) is -0.685. The van der Waals surface area contributed by atoms with Crippen LogP contribution in [0.4, 0.5) is 0 Å². The van der Waals surface area contributed by atoms with Gasteiger partial charge in [-0.15, -0.1) is 0 Å². The van der Waals surface area contributed by atoms with Gasteiger partial charge in [-0.2, -0.15) is 0 Å². The lowest BCUT2D eigenvalue weighted by Gasteiger charge is -2.42. The fourth-order valence-electron chi connectivity index (χ4n) is 2.00. The monoisotopic (exact) mass is 227 g/mol. The van der Waals surface area contributed by atoms with E-state index in [2.05, 4.69) is 0 Å². The van der Waals surface area contributed by atoms with Gasteiger partial charge < -0.3 is 5.11 Å². The van der Waals surface area contributed by atoms with E-state index < -0.39 is 12.0 Å². The Kier molecular flexibility index (Phi) is 2.39. The Hall–Kier alpha value is -0.810. The second kappa shape index (κ2) is 3.35. The molecule has 2 saturated heterocycles. The fourth-order valence-corrected chi connectivity index (χ4v) is 3.44. The minimum absolute atomic E-state index is 0.0588. The summed E-state index contributed by atoms with van der Waals surface area (Å²) in [5, 5.41) is 9.17. The van der Waals surface area contributed by atoms with Gasteiger partial charge in [0, 0.05) is 0 Å². The summed E-state index contributed by atoms with van der Waals surface area (Å²) < 4.78 is 0. The molecule has 4 nitrogen and oxygen atoms in total. The van der Waals surface area contributed by atoms with E-state index in [9.17, 15) is 14.7 Å². The number of aliphatic hydroxyl groups is 1. The molecule has 2 aliphatic heterocycles. The van der Waals surface area contributed by atoms with E-state index >= 15 is 0 Å². The highest BCUT2D eigenvalue weighted by molar-refractivity contribution is 8.15. The Morgan fingerprint density at radius 1 is 1.47 bits per heavy atom. The number of aliphatic hydroxyl groups excluding tert-OH is 1. The molecule has 0 bridgehead atoms. The van der Waals surface area contributed by atoms with Crippen LogP contribution < -0.4 is 0 Å². The molecule has 1 amide bonds. The van der Waals surface area contributed by atoms with Crippen LogP contribution in [0.15, 0.2) is 11.3 Å². The van der Waals surface area contributed by atoms with Gasteiger partial charge in [-0.25, -0.2) is 0 Å². The summed E-state index contributed by atoms with van der Waals surface area (Å²) in [4.78, 5) is 24.8. The molecule has 0 spiro atoms. The van der Waals surface area contributed by atoms with Gasteiger partial charge in [-0.3, -0.25) is 14.5 Å². The summed E-state index contributed by atoms with van der Waals surface area (Å²) in [5.74, 6) is -0.555. The molecule has 0 aromatic carbocycles. The van der Waals surface area contributed by atoms with Crippen molar-refractivity contribution in [1.82, 2.24) is 4.90 Å². The Balaban J connectivity index is 2.32. The summed E-state index contributed by atoms with van der Waals surface area (Å²) in [6, 6.07) is 0. The van der Waals surface area contributed by atoms with Crippen molar-refractivity contribution in [2.24, 2.45) is 5.92 Å². The van der Waals surface area contributed by atoms with Crippen molar-refractivity contribution < 1.29 is 14.7 Å². The molecule has 2 fully saturated rings. The van der Waals surface area contributed by atoms with Gasteiger partial charge in [-0.1, -0.05) is 11.8 Å². The molecule has 1 unspecified atom stereocenters. The maximum atomic E-state index is 11.7. The molecule has 15 heavy (non-hydrogen) atoms. The third-order valence-electron chi connectivity index (χ3n) is 2.74. The lowest BCUT2D eigenvalue weighted by Crippen LogP contribution is -2.59. The normalized spacial score (nSPS) is 31.5. The van der Waals surface area contributed by atoms with Crippen molar-refractivity contribution in [3.8, 4) is 0 Å². The minimum Gasteiger partial charge on any atom is -0.392 e. The zero-order valence-electron chi connectivity index (χ0n) is 8.85. The van der Waals surface area contributed by atoms with E-state index in [0.29, 0.717) is 5.70 Å². The van der Waals surface area contributed by atoms with Crippen molar-refractivity contribution in [2.75, 3.05) is 0 Å². The molecule has 82 valence electrons. The standard InChI is InChI=1S/C10H13NO3S/c1-4(2)7-10(14)15-9-6(5(3)12)8(13)11(7)9/h5-6,9,12H,1-3H3/t5?,6-,9+/m0/s1. The fraction of sp³-hybridized carbons (Fsp3) is 0.600. The second-order valence-corrected chi connectivity index (χ2v) is 5.21. The van der Waals surface area contributed by atoms with Crippen molar-refractivity contribution in [2.45, 2.75) is 32.2 Å². The summed E-state index contributed by atoms with van der Waals surface area (Å²) in [6.45, 7) is 5.23. The average molecular weight is 227 g/mol. The van der Waals surface area contributed by atoms with Crippen LogP contribution in [0.2, 0.25) is 0 Å². The van der Waals surface area contributed by atoms with Crippen LogP contribution in [-0.2, 0) is 9.59 Å². The molecule has 2 heterocycles. The van der Waals surface area contributed by atoms with E-state index in [4.69, 9.17) is 0 Å². The number of hydrogen-bond acceptors (Lipinski definition) is 4. The number of nitrogens with zero attached hydrogens (tertiary/aromatic N) is 1. The zero-order chi connectivity index (χ0) is 11.3. The number of rotatable bonds is 1. The van der Waals surface area contributed by atoms with Crippen LogP contribution in [0.3, 0.4) is 0 Å². The molecule has 0 aromatic heterocycles. The van der Waals surface area contributed by atoms with E-state index in [1.165, 1.54) is 4.90 Å². The number of amides is 1. The van der Waals surface area contributed by atoms with E-state index in [1.54, 1.807) is 6.92 Å². The molecule has 2 aliphatic rings. The number of allylic oxidation sites excluding steroid dienone is 1. The van der Waals surface area contributed by atoms with Gasteiger partial charge in [0.25, 0.3) is 0 Å². The molecule has 2 rings (SSSR count). The molecule has 0 saturated carbocycles. The SMILES string of the molecule is CC(C)=C1C(=O)S[C@@H]2[C@@H](C(C)O)C(=O)N12. The van der Waals surface area contributed by atoms with Crippen LogP contribution in [0, 0.1) is 5.92 Å². The molecule has 0 aliphatic carbocycles. The largest absolute Gasteiger partial charge is 0.392 e. The van der Waals surface area contributed by atoms with Gasteiger partial charge in [0.2, 0.25) is 11.0 Å². The number of fused-ring (bicyclic) bond motifs is 1. The third kappa shape index (κ3) is 1.33. The molecule has 0 radical (unpaired) electrons. The first-order valence-corrected chi connectivity index (χ1v) is 5.72. The van der Waals surface area contributed by atoms with Gasteiger partial charge in [-0.05, 0) is 26.3 Å². The van der Waals surface area contributed by atoms with Crippen LogP contribution in [0.5, 0.6) is 0 Å². The number of β-lactam (4-membered cyclic amide) rings is 1. The average Bonchev–Trinajstić information content (AvgIpc) is 2.38. The first kappa shape index (κ1) is 10.7. The zero-order valence-corrected chi connectivity index (χ0v) is 9.67. The number of carbonyl (C=O) groups is 2. The van der Waals surface area contributed by atoms with Gasteiger partial charge >= 0.3 is 0 Å². The number of carbonyl (C=O) groups excluding carboxylic acids is 2. The molecule has 1 N–H and O–H groups in total. The molecule has 5 heteroatoms. The van der Waals surface area contributed by atoms with Crippen molar-refractivity contribution in [3.05, 3.63) is 11.3 Å². The van der Waals surface area contributed by atoms with Gasteiger partial charge in [0.05, 0.1) is 17.7 Å². The molecule has 0 aromatic rings. The number of thioether (sulfide) groups is 1. The highest BCUT2D eigenvalue weighted by Gasteiger charge is 2.58. The predicted molar refractivity (Wildman–Crippen MR) is 56.8 cm³/mol. The summed E-state index contributed by atoms with van der Waals surface area (Å²) in [5.41, 5.74) is 1.36. The first-order valence-electron chi connectivity index (χ1n) is 4.84. The second-order valence-electron chi connectivity index (χ2n) is 4.12. The Bertz CT molecular complexity index is 371. The Morgan fingerprint density at radius 2 is 2.07 bits per heavy atom. The van der Waals surface area contributed by atoms with Gasteiger partial charge in [0.1, 0.15) is 5.37 Å². The Labute approximate surface area is 92.3 Å². The van der Waals surface area contributed by atoms with Crippen LogP contribution in [-0.4, -0.2) is 32.5 Å². The third-order valence-corrected chi connectivity index (χ3v) is 3.89. The highest BCUT2D eigenvalue weighted by atomic mass is 32.2. The maximum Gasteiger partial charge on any atom is 0.237 e. The number of hydrogen-bond donors (Lipinski definition) is 1. The molecular formula is C10H13NO3S. The molecular weight excluding hydrogens is 214 g/mol. The summed E-state index contributed by atoms with van der Waals surface area (Å²) in [7, 11) is 0. The van der Waals surface area contributed by atoms with Crippen molar-refractivity contribution >= 4 is 22.8 Å².